The van der Waals surface area contributed by atoms with Crippen molar-refractivity contribution in [1.82, 2.24) is 9.97 Å². The number of nitrogens with zero attached hydrogens (tertiary/aromatic N) is 2. The van der Waals surface area contributed by atoms with Crippen molar-refractivity contribution in [2.45, 2.75) is 33.2 Å². The van der Waals surface area contributed by atoms with Gasteiger partial charge in [0.2, 0.25) is 11.8 Å². The Balaban J connectivity index is 2.75. The Hall–Kier alpha value is -1.58. The number of aryl methyl sites for hydroxylation is 1. The number of rotatable bonds is 6. The van der Waals surface area contributed by atoms with Crippen molar-refractivity contribution in [3.05, 3.63) is 24.4 Å². The van der Waals surface area contributed by atoms with Gasteiger partial charge in [-0.25, -0.2) is 4.98 Å². The molecule has 4 nitrogen and oxygen atoms in total. The predicted molar refractivity (Wildman–Crippen MR) is 65.8 cm³/mol. The van der Waals surface area contributed by atoms with Crippen LogP contribution in [0.15, 0.2) is 18.7 Å². The second-order valence-corrected chi connectivity index (χ2v) is 3.67. The number of hydrogen-bond acceptors (Lipinski definition) is 4. The summed E-state index contributed by atoms with van der Waals surface area (Å²) in [5.74, 6) is 1.22. The molecule has 0 saturated carbocycles. The number of ether oxygens (including phenoxy) is 1. The van der Waals surface area contributed by atoms with E-state index >= 15 is 0 Å². The van der Waals surface area contributed by atoms with Gasteiger partial charge in [-0.2, -0.15) is 4.98 Å². The molecule has 0 aliphatic carbocycles. The molecule has 1 rings (SSSR count). The van der Waals surface area contributed by atoms with Crippen LogP contribution in [0.2, 0.25) is 0 Å². The Morgan fingerprint density at radius 1 is 1.56 bits per heavy atom. The molecule has 1 atom stereocenters. The normalized spacial score (nSPS) is 11.9. The lowest BCUT2D eigenvalue weighted by Crippen LogP contribution is -2.16. The van der Waals surface area contributed by atoms with E-state index in [1.54, 1.807) is 0 Å². The lowest BCUT2D eigenvalue weighted by Gasteiger charge is -2.12. The predicted octanol–water partition coefficient (Wildman–Crippen LogP) is 2.56. The van der Waals surface area contributed by atoms with Crippen molar-refractivity contribution >= 4 is 5.95 Å². The monoisotopic (exact) mass is 221 g/mol. The second kappa shape index (κ2) is 6.10. The van der Waals surface area contributed by atoms with Crippen LogP contribution in [0, 0.1) is 6.92 Å². The molecule has 0 aromatic carbocycles. The molecule has 0 fully saturated rings. The maximum atomic E-state index is 5.36. The quantitative estimate of drug-likeness (QED) is 0.750. The van der Waals surface area contributed by atoms with Crippen LogP contribution in [0.25, 0.3) is 0 Å². The van der Waals surface area contributed by atoms with Crippen LogP contribution in [0.5, 0.6) is 5.88 Å². The molecule has 88 valence electrons. The van der Waals surface area contributed by atoms with Gasteiger partial charge in [0.25, 0.3) is 0 Å². The van der Waals surface area contributed by atoms with Crippen molar-refractivity contribution in [1.29, 1.82) is 0 Å². The average molecular weight is 221 g/mol. The molecule has 4 heteroatoms. The SMILES string of the molecule is C=CCC(C)Nc1nc(C)cc(OCC)n1. The largest absolute Gasteiger partial charge is 0.478 e. The van der Waals surface area contributed by atoms with Crippen LogP contribution >= 0.6 is 0 Å². The van der Waals surface area contributed by atoms with Crippen molar-refractivity contribution in [3.63, 3.8) is 0 Å². The Bertz CT molecular complexity index is 352. The first-order chi connectivity index (χ1) is 7.65. The first kappa shape index (κ1) is 12.5. The lowest BCUT2D eigenvalue weighted by molar-refractivity contribution is 0.326. The molecule has 0 aliphatic heterocycles. The van der Waals surface area contributed by atoms with Crippen molar-refractivity contribution in [2.24, 2.45) is 0 Å². The van der Waals surface area contributed by atoms with E-state index < -0.39 is 0 Å². The molecule has 1 unspecified atom stereocenters. The van der Waals surface area contributed by atoms with Gasteiger partial charge >= 0.3 is 0 Å². The van der Waals surface area contributed by atoms with Gasteiger partial charge in [0.15, 0.2) is 0 Å². The smallest absolute Gasteiger partial charge is 0.226 e. The summed E-state index contributed by atoms with van der Waals surface area (Å²) < 4.78 is 5.36. The molecule has 0 aliphatic rings. The molecule has 0 radical (unpaired) electrons. The van der Waals surface area contributed by atoms with Crippen molar-refractivity contribution in [3.8, 4) is 5.88 Å². The summed E-state index contributed by atoms with van der Waals surface area (Å²) in [6, 6.07) is 2.10. The fourth-order valence-corrected chi connectivity index (χ4v) is 1.36. The maximum absolute atomic E-state index is 5.36. The second-order valence-electron chi connectivity index (χ2n) is 3.67. The summed E-state index contributed by atoms with van der Waals surface area (Å²) in [5.41, 5.74) is 0.895. The van der Waals surface area contributed by atoms with Crippen LogP contribution in [-0.4, -0.2) is 22.6 Å². The third-order valence-corrected chi connectivity index (χ3v) is 2.02. The molecule has 16 heavy (non-hydrogen) atoms. The molecule has 1 aromatic heterocycles. The lowest BCUT2D eigenvalue weighted by atomic mass is 10.2. The molecule has 1 N–H and O–H groups in total. The first-order valence-electron chi connectivity index (χ1n) is 5.51. The van der Waals surface area contributed by atoms with E-state index in [1.807, 2.05) is 26.0 Å². The van der Waals surface area contributed by atoms with Gasteiger partial charge in [0.05, 0.1) is 6.61 Å². The number of aromatic nitrogens is 2. The van der Waals surface area contributed by atoms with Gasteiger partial charge in [-0.1, -0.05) is 6.08 Å². The molecule has 1 aromatic rings. The maximum Gasteiger partial charge on any atom is 0.226 e. The Kier molecular flexibility index (Phi) is 4.76. The zero-order valence-electron chi connectivity index (χ0n) is 10.2. The average Bonchev–Trinajstić information content (AvgIpc) is 2.17. The zero-order chi connectivity index (χ0) is 12.0. The van der Waals surface area contributed by atoms with Crippen LogP contribution < -0.4 is 10.1 Å². The topological polar surface area (TPSA) is 47.0 Å². The zero-order valence-corrected chi connectivity index (χ0v) is 10.2. The molecule has 0 saturated heterocycles. The van der Waals surface area contributed by atoms with Crippen molar-refractivity contribution < 1.29 is 4.74 Å². The molecular weight excluding hydrogens is 202 g/mol. The van der Waals surface area contributed by atoms with Crippen LogP contribution in [0.3, 0.4) is 0 Å². The Labute approximate surface area is 96.8 Å². The van der Waals surface area contributed by atoms with E-state index in [9.17, 15) is 0 Å². The molecule has 0 amide bonds. The standard InChI is InChI=1S/C12H19N3O/c1-5-7-9(3)13-12-14-10(4)8-11(15-12)16-6-2/h5,8-9H,1,6-7H2,2-4H3,(H,13,14,15). The minimum Gasteiger partial charge on any atom is -0.478 e. The summed E-state index contributed by atoms with van der Waals surface area (Å²) in [5, 5.41) is 3.21. The van der Waals surface area contributed by atoms with Crippen molar-refractivity contribution in [2.75, 3.05) is 11.9 Å². The number of hydrogen-bond donors (Lipinski definition) is 1. The van der Waals surface area contributed by atoms with Gasteiger partial charge < -0.3 is 10.1 Å². The summed E-state index contributed by atoms with van der Waals surface area (Å²) >= 11 is 0. The molecular formula is C12H19N3O. The van der Waals surface area contributed by atoms with E-state index in [0.717, 1.165) is 12.1 Å². The highest BCUT2D eigenvalue weighted by Gasteiger charge is 2.05. The molecule has 1 heterocycles. The summed E-state index contributed by atoms with van der Waals surface area (Å²) in [4.78, 5) is 8.57. The van der Waals surface area contributed by atoms with E-state index in [0.29, 0.717) is 18.4 Å². The third kappa shape index (κ3) is 3.88. The van der Waals surface area contributed by atoms with E-state index in [-0.39, 0.29) is 6.04 Å². The summed E-state index contributed by atoms with van der Waals surface area (Å²) in [6.45, 7) is 10.2. The van der Waals surface area contributed by atoms with Gasteiger partial charge in [0, 0.05) is 17.8 Å². The fourth-order valence-electron chi connectivity index (χ4n) is 1.36. The van der Waals surface area contributed by atoms with E-state index in [4.69, 9.17) is 4.74 Å². The molecule has 0 spiro atoms. The number of nitrogens with one attached hydrogen (secondary N) is 1. The minimum atomic E-state index is 0.272. The van der Waals surface area contributed by atoms with E-state index in [2.05, 4.69) is 28.8 Å². The summed E-state index contributed by atoms with van der Waals surface area (Å²) in [7, 11) is 0. The number of anilines is 1. The highest BCUT2D eigenvalue weighted by atomic mass is 16.5. The van der Waals surface area contributed by atoms with Gasteiger partial charge in [-0.3, -0.25) is 0 Å². The van der Waals surface area contributed by atoms with Gasteiger partial charge in [-0.05, 0) is 27.2 Å². The van der Waals surface area contributed by atoms with Crippen LogP contribution in [0.1, 0.15) is 26.0 Å². The van der Waals surface area contributed by atoms with Gasteiger partial charge in [0.1, 0.15) is 0 Å². The Morgan fingerprint density at radius 2 is 2.31 bits per heavy atom. The first-order valence-corrected chi connectivity index (χ1v) is 5.51. The van der Waals surface area contributed by atoms with Crippen LogP contribution in [0.4, 0.5) is 5.95 Å². The van der Waals surface area contributed by atoms with Crippen LogP contribution in [-0.2, 0) is 0 Å². The highest BCUT2D eigenvalue weighted by molar-refractivity contribution is 5.31. The molecule has 0 bridgehead atoms. The summed E-state index contributed by atoms with van der Waals surface area (Å²) in [6.07, 6.45) is 2.75. The minimum absolute atomic E-state index is 0.272. The Morgan fingerprint density at radius 3 is 2.94 bits per heavy atom. The fraction of sp³-hybridized carbons (Fsp3) is 0.500. The third-order valence-electron chi connectivity index (χ3n) is 2.02. The van der Waals surface area contributed by atoms with Gasteiger partial charge in [-0.15, -0.1) is 6.58 Å². The van der Waals surface area contributed by atoms with E-state index in [1.165, 1.54) is 0 Å². The highest BCUT2D eigenvalue weighted by Crippen LogP contribution is 2.13.